The lowest BCUT2D eigenvalue weighted by Crippen LogP contribution is -1.96. The van der Waals surface area contributed by atoms with Crippen molar-refractivity contribution >= 4 is 17.4 Å². The molecule has 0 aliphatic carbocycles. The van der Waals surface area contributed by atoms with Crippen LogP contribution in [0.4, 0.5) is 5.82 Å². The highest BCUT2D eigenvalue weighted by molar-refractivity contribution is 6.17. The summed E-state index contributed by atoms with van der Waals surface area (Å²) in [6.45, 7) is 0. The fourth-order valence-electron chi connectivity index (χ4n) is 1.32. The van der Waals surface area contributed by atoms with Crippen molar-refractivity contribution in [2.45, 2.75) is 5.88 Å². The van der Waals surface area contributed by atoms with Gasteiger partial charge in [-0.15, -0.1) is 11.6 Å². The van der Waals surface area contributed by atoms with Crippen molar-refractivity contribution in [3.8, 4) is 11.1 Å². The zero-order chi connectivity index (χ0) is 10.7. The predicted molar refractivity (Wildman–Crippen MR) is 61.4 cm³/mol. The standard InChI is InChI=1S/C11H10ClN3/c12-5-9-4-10(7-15-11(9)13)8-2-1-3-14-6-8/h1-4,6-7H,5H2,(H2,13,15). The number of nitrogen functional groups attached to an aromatic ring is 1. The highest BCUT2D eigenvalue weighted by Crippen LogP contribution is 2.21. The van der Waals surface area contributed by atoms with E-state index in [0.29, 0.717) is 11.7 Å². The Morgan fingerprint density at radius 3 is 2.80 bits per heavy atom. The first-order chi connectivity index (χ1) is 7.31. The Morgan fingerprint density at radius 1 is 1.27 bits per heavy atom. The second-order valence-corrected chi connectivity index (χ2v) is 3.41. The third kappa shape index (κ3) is 2.07. The lowest BCUT2D eigenvalue weighted by atomic mass is 10.1. The summed E-state index contributed by atoms with van der Waals surface area (Å²) in [4.78, 5) is 8.14. The summed E-state index contributed by atoms with van der Waals surface area (Å²) in [7, 11) is 0. The highest BCUT2D eigenvalue weighted by Gasteiger charge is 2.03. The first kappa shape index (κ1) is 9.93. The van der Waals surface area contributed by atoms with Crippen molar-refractivity contribution in [2.75, 3.05) is 5.73 Å². The van der Waals surface area contributed by atoms with Crippen molar-refractivity contribution in [1.82, 2.24) is 9.97 Å². The van der Waals surface area contributed by atoms with Gasteiger partial charge in [0.15, 0.2) is 0 Å². The third-order valence-electron chi connectivity index (χ3n) is 2.14. The number of alkyl halides is 1. The minimum atomic E-state index is 0.368. The number of nitrogens with two attached hydrogens (primary N) is 1. The lowest BCUT2D eigenvalue weighted by Gasteiger charge is -2.04. The molecule has 2 aromatic rings. The Balaban J connectivity index is 2.46. The van der Waals surface area contributed by atoms with Crippen molar-refractivity contribution in [3.05, 3.63) is 42.4 Å². The molecule has 0 fully saturated rings. The fraction of sp³-hybridized carbons (Fsp3) is 0.0909. The topological polar surface area (TPSA) is 51.8 Å². The van der Waals surface area contributed by atoms with Crippen LogP contribution in [0.25, 0.3) is 11.1 Å². The number of hydrogen-bond acceptors (Lipinski definition) is 3. The zero-order valence-corrected chi connectivity index (χ0v) is 8.78. The van der Waals surface area contributed by atoms with Crippen LogP contribution in [0.2, 0.25) is 0 Å². The van der Waals surface area contributed by atoms with Crippen LogP contribution < -0.4 is 5.73 Å². The molecule has 2 aromatic heterocycles. The van der Waals surface area contributed by atoms with E-state index in [1.807, 2.05) is 18.2 Å². The highest BCUT2D eigenvalue weighted by atomic mass is 35.5. The second kappa shape index (κ2) is 4.28. The monoisotopic (exact) mass is 219 g/mol. The third-order valence-corrected chi connectivity index (χ3v) is 2.43. The summed E-state index contributed by atoms with van der Waals surface area (Å²) in [6, 6.07) is 5.79. The Labute approximate surface area is 92.9 Å². The molecule has 76 valence electrons. The predicted octanol–water partition coefficient (Wildman–Crippen LogP) is 2.46. The van der Waals surface area contributed by atoms with Gasteiger partial charge < -0.3 is 5.73 Å². The average Bonchev–Trinajstić information content (AvgIpc) is 2.31. The molecule has 0 spiro atoms. The normalized spacial score (nSPS) is 10.2. The van der Waals surface area contributed by atoms with E-state index in [-0.39, 0.29) is 0 Å². The molecule has 0 radical (unpaired) electrons. The summed E-state index contributed by atoms with van der Waals surface area (Å²) in [5.41, 5.74) is 8.50. The van der Waals surface area contributed by atoms with Gasteiger partial charge in [0.2, 0.25) is 0 Å². The summed E-state index contributed by atoms with van der Waals surface area (Å²) in [5, 5.41) is 0. The number of pyridine rings is 2. The Kier molecular flexibility index (Phi) is 2.83. The smallest absolute Gasteiger partial charge is 0.127 e. The molecule has 4 heteroatoms. The molecule has 2 heterocycles. The van der Waals surface area contributed by atoms with Gasteiger partial charge in [-0.05, 0) is 12.1 Å². The molecule has 0 aliphatic rings. The molecule has 3 nitrogen and oxygen atoms in total. The van der Waals surface area contributed by atoms with E-state index in [1.165, 1.54) is 0 Å². The molecule has 0 saturated carbocycles. The maximum atomic E-state index is 5.76. The van der Waals surface area contributed by atoms with Gasteiger partial charge in [0, 0.05) is 35.3 Å². The van der Waals surface area contributed by atoms with Gasteiger partial charge in [-0.25, -0.2) is 4.98 Å². The van der Waals surface area contributed by atoms with Crippen molar-refractivity contribution in [2.24, 2.45) is 0 Å². The van der Waals surface area contributed by atoms with E-state index >= 15 is 0 Å². The SMILES string of the molecule is Nc1ncc(-c2cccnc2)cc1CCl. The fourth-order valence-corrected chi connectivity index (χ4v) is 1.53. The molecule has 0 atom stereocenters. The van der Waals surface area contributed by atoms with E-state index in [1.54, 1.807) is 18.6 Å². The number of halogens is 1. The number of aromatic nitrogens is 2. The van der Waals surface area contributed by atoms with Crippen LogP contribution in [0.5, 0.6) is 0 Å². The molecule has 0 unspecified atom stereocenters. The molecule has 15 heavy (non-hydrogen) atoms. The van der Waals surface area contributed by atoms with E-state index in [0.717, 1.165) is 16.7 Å². The molecule has 0 saturated heterocycles. The Bertz CT molecular complexity index is 457. The molecule has 2 rings (SSSR count). The van der Waals surface area contributed by atoms with E-state index in [4.69, 9.17) is 17.3 Å². The van der Waals surface area contributed by atoms with Crippen LogP contribution in [0, 0.1) is 0 Å². The first-order valence-electron chi connectivity index (χ1n) is 4.52. The van der Waals surface area contributed by atoms with Crippen LogP contribution in [-0.4, -0.2) is 9.97 Å². The van der Waals surface area contributed by atoms with E-state index < -0.39 is 0 Å². The minimum Gasteiger partial charge on any atom is -0.383 e. The van der Waals surface area contributed by atoms with Crippen LogP contribution in [0.15, 0.2) is 36.8 Å². The largest absolute Gasteiger partial charge is 0.383 e. The molecule has 0 bridgehead atoms. The Hall–Kier alpha value is -1.61. The van der Waals surface area contributed by atoms with Crippen LogP contribution in [-0.2, 0) is 5.88 Å². The number of hydrogen-bond donors (Lipinski definition) is 1. The maximum absolute atomic E-state index is 5.76. The Morgan fingerprint density at radius 2 is 2.13 bits per heavy atom. The number of nitrogens with zero attached hydrogens (tertiary/aromatic N) is 2. The van der Waals surface area contributed by atoms with Gasteiger partial charge in [-0.1, -0.05) is 6.07 Å². The molecule has 0 amide bonds. The van der Waals surface area contributed by atoms with Gasteiger partial charge in [0.25, 0.3) is 0 Å². The quantitative estimate of drug-likeness (QED) is 0.790. The van der Waals surface area contributed by atoms with Crippen molar-refractivity contribution < 1.29 is 0 Å². The lowest BCUT2D eigenvalue weighted by molar-refractivity contribution is 1.25. The van der Waals surface area contributed by atoms with Gasteiger partial charge in [-0.3, -0.25) is 4.98 Å². The van der Waals surface area contributed by atoms with Gasteiger partial charge in [0.05, 0.1) is 5.88 Å². The molecule has 0 aromatic carbocycles. The number of anilines is 1. The van der Waals surface area contributed by atoms with E-state index in [2.05, 4.69) is 9.97 Å². The van der Waals surface area contributed by atoms with Gasteiger partial charge >= 0.3 is 0 Å². The summed E-state index contributed by atoms with van der Waals surface area (Å²) >= 11 is 5.76. The van der Waals surface area contributed by atoms with Crippen LogP contribution >= 0.6 is 11.6 Å². The molecular weight excluding hydrogens is 210 g/mol. The summed E-state index contributed by atoms with van der Waals surface area (Å²) in [5.74, 6) is 0.852. The second-order valence-electron chi connectivity index (χ2n) is 3.14. The van der Waals surface area contributed by atoms with E-state index in [9.17, 15) is 0 Å². The van der Waals surface area contributed by atoms with Crippen LogP contribution in [0.1, 0.15) is 5.56 Å². The minimum absolute atomic E-state index is 0.368. The number of rotatable bonds is 2. The average molecular weight is 220 g/mol. The van der Waals surface area contributed by atoms with Crippen LogP contribution in [0.3, 0.4) is 0 Å². The maximum Gasteiger partial charge on any atom is 0.127 e. The molecule has 0 aliphatic heterocycles. The van der Waals surface area contributed by atoms with Gasteiger partial charge in [0.1, 0.15) is 5.82 Å². The van der Waals surface area contributed by atoms with Gasteiger partial charge in [-0.2, -0.15) is 0 Å². The summed E-state index contributed by atoms with van der Waals surface area (Å²) in [6.07, 6.45) is 5.24. The molecule has 2 N–H and O–H groups in total. The molecular formula is C11H10ClN3. The first-order valence-corrected chi connectivity index (χ1v) is 5.05. The van der Waals surface area contributed by atoms with Crippen molar-refractivity contribution in [3.63, 3.8) is 0 Å². The van der Waals surface area contributed by atoms with Crippen molar-refractivity contribution in [1.29, 1.82) is 0 Å². The zero-order valence-electron chi connectivity index (χ0n) is 8.02. The summed E-state index contributed by atoms with van der Waals surface area (Å²) < 4.78 is 0.